The van der Waals surface area contributed by atoms with E-state index in [-0.39, 0.29) is 11.7 Å². The molecule has 0 aromatic heterocycles. The van der Waals surface area contributed by atoms with Gasteiger partial charge in [-0.05, 0) is 39.2 Å². The van der Waals surface area contributed by atoms with Crippen LogP contribution >= 0.6 is 0 Å². The second-order valence-electron chi connectivity index (χ2n) is 4.43. The first-order valence-corrected chi connectivity index (χ1v) is 6.84. The molecule has 0 aromatic rings. The summed E-state index contributed by atoms with van der Waals surface area (Å²) in [5.41, 5.74) is 0. The van der Waals surface area contributed by atoms with Gasteiger partial charge in [0.1, 0.15) is 0 Å². The Kier molecular flexibility index (Phi) is 3.92. The second-order valence-corrected chi connectivity index (χ2v) is 6.09. The maximum absolute atomic E-state index is 10.9. The van der Waals surface area contributed by atoms with Crippen molar-refractivity contribution in [3.05, 3.63) is 0 Å². The van der Waals surface area contributed by atoms with E-state index in [1.54, 1.807) is 0 Å². The molecule has 1 heterocycles. The van der Waals surface area contributed by atoms with Gasteiger partial charge in [0, 0.05) is 12.6 Å². The minimum Gasteiger partial charge on any atom is -0.301 e. The zero-order chi connectivity index (χ0) is 10.8. The fraction of sp³-hybridized carbons (Fsp3) is 1.00. The summed E-state index contributed by atoms with van der Waals surface area (Å²) in [4.78, 5) is 2.32. The lowest BCUT2D eigenvalue weighted by molar-refractivity contribution is 0.148. The van der Waals surface area contributed by atoms with Gasteiger partial charge in [-0.15, -0.1) is 0 Å². The van der Waals surface area contributed by atoms with Gasteiger partial charge in [0.15, 0.2) is 0 Å². The van der Waals surface area contributed by atoms with E-state index in [0.717, 1.165) is 25.9 Å². The van der Waals surface area contributed by atoms with E-state index in [9.17, 15) is 8.42 Å². The average Bonchev–Trinajstić information content (AvgIpc) is 2.01. The van der Waals surface area contributed by atoms with Gasteiger partial charge in [-0.3, -0.25) is 0 Å². The molecule has 14 heavy (non-hydrogen) atoms. The van der Waals surface area contributed by atoms with Crippen LogP contribution in [0.1, 0.15) is 26.7 Å². The first kappa shape index (κ1) is 11.9. The lowest BCUT2D eigenvalue weighted by Crippen LogP contribution is -2.42. The molecule has 0 spiro atoms. The molecule has 1 rings (SSSR count). The number of nitrogens with two attached hydrogens (primary N) is 1. The van der Waals surface area contributed by atoms with E-state index >= 15 is 0 Å². The summed E-state index contributed by atoms with van der Waals surface area (Å²) < 4.78 is 21.9. The van der Waals surface area contributed by atoms with Crippen molar-refractivity contribution in [2.45, 2.75) is 32.7 Å². The Balaban J connectivity index is 2.48. The highest BCUT2D eigenvalue weighted by molar-refractivity contribution is 7.89. The topological polar surface area (TPSA) is 63.4 Å². The summed E-state index contributed by atoms with van der Waals surface area (Å²) in [6, 6.07) is 0.498. The Morgan fingerprint density at radius 3 is 2.64 bits per heavy atom. The average molecular weight is 220 g/mol. The first-order chi connectivity index (χ1) is 6.38. The van der Waals surface area contributed by atoms with E-state index in [1.807, 2.05) is 0 Å². The summed E-state index contributed by atoms with van der Waals surface area (Å²) >= 11 is 0. The molecule has 1 unspecified atom stereocenters. The van der Waals surface area contributed by atoms with Crippen LogP contribution < -0.4 is 5.14 Å². The third-order valence-corrected chi connectivity index (χ3v) is 3.68. The number of primary sulfonamides is 1. The molecule has 1 saturated heterocycles. The first-order valence-electron chi connectivity index (χ1n) is 5.13. The number of rotatable bonds is 3. The number of hydrogen-bond donors (Lipinski definition) is 1. The van der Waals surface area contributed by atoms with Crippen LogP contribution in [0.3, 0.4) is 0 Å². The summed E-state index contributed by atoms with van der Waals surface area (Å²) in [6.07, 6.45) is 2.07. The minimum atomic E-state index is -3.30. The third kappa shape index (κ3) is 3.94. The normalized spacial score (nSPS) is 25.6. The number of likely N-dealkylation sites (tertiary alicyclic amines) is 1. The van der Waals surface area contributed by atoms with E-state index in [4.69, 9.17) is 5.14 Å². The Bertz CT molecular complexity index is 275. The lowest BCUT2D eigenvalue weighted by Gasteiger charge is -2.35. The molecule has 5 heteroatoms. The van der Waals surface area contributed by atoms with Gasteiger partial charge in [0.2, 0.25) is 10.0 Å². The second kappa shape index (κ2) is 4.59. The highest BCUT2D eigenvalue weighted by Crippen LogP contribution is 2.19. The molecule has 84 valence electrons. The smallest absolute Gasteiger partial charge is 0.209 e. The Morgan fingerprint density at radius 1 is 1.50 bits per heavy atom. The minimum absolute atomic E-state index is 0.135. The molecule has 0 bridgehead atoms. The summed E-state index contributed by atoms with van der Waals surface area (Å²) in [5.74, 6) is 0.358. The van der Waals surface area contributed by atoms with Crippen LogP contribution in [-0.4, -0.2) is 38.2 Å². The van der Waals surface area contributed by atoms with E-state index in [0.29, 0.717) is 6.04 Å². The van der Waals surface area contributed by atoms with Crippen LogP contribution in [0.15, 0.2) is 0 Å². The largest absolute Gasteiger partial charge is 0.301 e. The quantitative estimate of drug-likeness (QED) is 0.748. The number of piperidine rings is 1. The third-order valence-electron chi connectivity index (χ3n) is 2.75. The zero-order valence-corrected chi connectivity index (χ0v) is 9.76. The van der Waals surface area contributed by atoms with E-state index in [1.165, 1.54) is 0 Å². The van der Waals surface area contributed by atoms with Crippen LogP contribution in [0.5, 0.6) is 0 Å². The fourth-order valence-electron chi connectivity index (χ4n) is 2.03. The number of hydrogen-bond acceptors (Lipinski definition) is 3. The van der Waals surface area contributed by atoms with E-state index < -0.39 is 10.0 Å². The van der Waals surface area contributed by atoms with Crippen LogP contribution in [0, 0.1) is 5.92 Å². The standard InChI is InChI=1S/C9H20N2O2S/c1-8(2)11-5-3-4-9(6-11)7-14(10,12)13/h8-9H,3-7H2,1-2H3,(H2,10,12,13). The van der Waals surface area contributed by atoms with Crippen LogP contribution in [0.4, 0.5) is 0 Å². The summed E-state index contributed by atoms with van der Waals surface area (Å²) in [5, 5.41) is 5.04. The maximum atomic E-state index is 10.9. The predicted octanol–water partition coefficient (Wildman–Crippen LogP) is 0.395. The maximum Gasteiger partial charge on any atom is 0.209 e. The molecule has 2 N–H and O–H groups in total. The molecular formula is C9H20N2O2S. The molecule has 0 saturated carbocycles. The number of sulfonamides is 1. The van der Waals surface area contributed by atoms with Gasteiger partial charge >= 0.3 is 0 Å². The van der Waals surface area contributed by atoms with Gasteiger partial charge < -0.3 is 4.90 Å². The highest BCUT2D eigenvalue weighted by atomic mass is 32.2. The van der Waals surface area contributed by atoms with Crippen molar-refractivity contribution in [3.8, 4) is 0 Å². The molecule has 0 aliphatic carbocycles. The molecule has 1 aliphatic heterocycles. The molecular weight excluding hydrogens is 200 g/mol. The molecule has 1 aliphatic rings. The predicted molar refractivity (Wildman–Crippen MR) is 57.4 cm³/mol. The number of nitrogens with zero attached hydrogens (tertiary/aromatic N) is 1. The Morgan fingerprint density at radius 2 is 2.14 bits per heavy atom. The van der Waals surface area contributed by atoms with Crippen molar-refractivity contribution in [2.24, 2.45) is 11.1 Å². The van der Waals surface area contributed by atoms with Crippen molar-refractivity contribution in [2.75, 3.05) is 18.8 Å². The molecule has 1 atom stereocenters. The van der Waals surface area contributed by atoms with Crippen molar-refractivity contribution in [1.29, 1.82) is 0 Å². The van der Waals surface area contributed by atoms with Gasteiger partial charge in [0.05, 0.1) is 5.75 Å². The Hall–Kier alpha value is -0.130. The summed E-state index contributed by atoms with van der Waals surface area (Å²) in [7, 11) is -3.30. The van der Waals surface area contributed by atoms with Crippen molar-refractivity contribution in [3.63, 3.8) is 0 Å². The molecule has 0 aromatic carbocycles. The van der Waals surface area contributed by atoms with Crippen LogP contribution in [0.25, 0.3) is 0 Å². The van der Waals surface area contributed by atoms with Gasteiger partial charge in [-0.1, -0.05) is 0 Å². The van der Waals surface area contributed by atoms with Crippen molar-refractivity contribution in [1.82, 2.24) is 4.90 Å². The van der Waals surface area contributed by atoms with Crippen molar-refractivity contribution >= 4 is 10.0 Å². The van der Waals surface area contributed by atoms with Gasteiger partial charge in [-0.25, -0.2) is 13.6 Å². The fourth-order valence-corrected chi connectivity index (χ4v) is 2.96. The molecule has 0 amide bonds. The van der Waals surface area contributed by atoms with Crippen LogP contribution in [0.2, 0.25) is 0 Å². The lowest BCUT2D eigenvalue weighted by atomic mass is 9.99. The SMILES string of the molecule is CC(C)N1CCCC(CS(N)(=O)=O)C1. The summed E-state index contributed by atoms with van der Waals surface area (Å²) in [6.45, 7) is 6.23. The van der Waals surface area contributed by atoms with Crippen LogP contribution in [-0.2, 0) is 10.0 Å². The highest BCUT2D eigenvalue weighted by Gasteiger charge is 2.24. The molecule has 1 fully saturated rings. The zero-order valence-electron chi connectivity index (χ0n) is 8.94. The monoisotopic (exact) mass is 220 g/mol. The van der Waals surface area contributed by atoms with E-state index in [2.05, 4.69) is 18.7 Å². The van der Waals surface area contributed by atoms with Crippen molar-refractivity contribution < 1.29 is 8.42 Å². The molecule has 0 radical (unpaired) electrons. The van der Waals surface area contributed by atoms with Gasteiger partial charge in [0.25, 0.3) is 0 Å². The van der Waals surface area contributed by atoms with Gasteiger partial charge in [-0.2, -0.15) is 0 Å². The molecule has 4 nitrogen and oxygen atoms in total. The Labute approximate surface area is 86.5 Å².